The van der Waals surface area contributed by atoms with Gasteiger partial charge in [0.2, 0.25) is 5.91 Å². The molecule has 2 amide bonds. The standard InChI is InChI=1S/C22H22ClFN2O4/c1-22(21(28)25-10-11-29-18-8-4-16(24)5-9-18)12-17(13-22)26-20(27)14-30-19-6-2-15(23)3-7-19/h2-9,12H,10-11,13-14H2,1H3,(H,25,28)(H,26,27). The monoisotopic (exact) mass is 432 g/mol. The molecule has 3 rings (SSSR count). The SMILES string of the molecule is CC1(C(=O)NCCOc2ccc(F)cc2)C=C(NC(=O)COc2ccc(Cl)cc2)C1. The largest absolute Gasteiger partial charge is 0.492 e. The predicted octanol–water partition coefficient (Wildman–Crippen LogP) is 3.46. The van der Waals surface area contributed by atoms with E-state index in [9.17, 15) is 14.0 Å². The van der Waals surface area contributed by atoms with Gasteiger partial charge in [0.1, 0.15) is 23.9 Å². The Balaban J connectivity index is 1.36. The lowest BCUT2D eigenvalue weighted by molar-refractivity contribution is -0.129. The normalized spacial score (nSPS) is 17.4. The molecule has 0 radical (unpaired) electrons. The summed E-state index contributed by atoms with van der Waals surface area (Å²) in [4.78, 5) is 24.4. The lowest BCUT2D eigenvalue weighted by atomic mass is 9.74. The van der Waals surface area contributed by atoms with Gasteiger partial charge in [-0.1, -0.05) is 11.6 Å². The zero-order valence-electron chi connectivity index (χ0n) is 16.4. The number of benzene rings is 2. The molecule has 8 heteroatoms. The van der Waals surface area contributed by atoms with Gasteiger partial charge in [-0.25, -0.2) is 4.39 Å². The van der Waals surface area contributed by atoms with Crippen LogP contribution in [-0.2, 0) is 9.59 Å². The van der Waals surface area contributed by atoms with Gasteiger partial charge in [-0.05, 0) is 61.5 Å². The Morgan fingerprint density at radius 1 is 1.07 bits per heavy atom. The Labute approximate surface area is 179 Å². The average molecular weight is 433 g/mol. The zero-order valence-corrected chi connectivity index (χ0v) is 17.2. The number of amides is 2. The van der Waals surface area contributed by atoms with Crippen LogP contribution in [-0.4, -0.2) is 31.6 Å². The third-order valence-corrected chi connectivity index (χ3v) is 4.77. The highest BCUT2D eigenvalue weighted by molar-refractivity contribution is 6.30. The van der Waals surface area contributed by atoms with Crippen LogP contribution in [0.1, 0.15) is 13.3 Å². The minimum absolute atomic E-state index is 0.136. The molecule has 0 heterocycles. The maximum atomic E-state index is 12.8. The van der Waals surface area contributed by atoms with Gasteiger partial charge in [-0.15, -0.1) is 0 Å². The van der Waals surface area contributed by atoms with Crippen molar-refractivity contribution in [1.82, 2.24) is 10.6 Å². The first-order chi connectivity index (χ1) is 14.3. The summed E-state index contributed by atoms with van der Waals surface area (Å²) in [6.07, 6.45) is 2.15. The molecule has 30 heavy (non-hydrogen) atoms. The van der Waals surface area contributed by atoms with Crippen LogP contribution in [0.2, 0.25) is 5.02 Å². The number of carbonyl (C=O) groups is 2. The minimum Gasteiger partial charge on any atom is -0.492 e. The smallest absolute Gasteiger partial charge is 0.262 e. The van der Waals surface area contributed by atoms with Crippen molar-refractivity contribution < 1.29 is 23.5 Å². The van der Waals surface area contributed by atoms with Crippen molar-refractivity contribution in [3.63, 3.8) is 0 Å². The number of nitrogens with one attached hydrogen (secondary N) is 2. The van der Waals surface area contributed by atoms with E-state index in [1.165, 1.54) is 24.3 Å². The number of hydrogen-bond acceptors (Lipinski definition) is 4. The number of rotatable bonds is 9. The maximum absolute atomic E-state index is 12.8. The Hall–Kier alpha value is -3.06. The second kappa shape index (κ2) is 9.63. The maximum Gasteiger partial charge on any atom is 0.262 e. The van der Waals surface area contributed by atoms with Gasteiger partial charge in [0, 0.05) is 17.1 Å². The molecule has 0 aromatic heterocycles. The van der Waals surface area contributed by atoms with E-state index in [0.29, 0.717) is 35.2 Å². The van der Waals surface area contributed by atoms with E-state index < -0.39 is 5.41 Å². The van der Waals surface area contributed by atoms with Crippen LogP contribution in [0, 0.1) is 11.2 Å². The zero-order chi connectivity index (χ0) is 21.6. The quantitative estimate of drug-likeness (QED) is 0.595. The molecule has 1 aliphatic rings. The second-order valence-corrected chi connectivity index (χ2v) is 7.55. The summed E-state index contributed by atoms with van der Waals surface area (Å²) in [6.45, 7) is 2.24. The lowest BCUT2D eigenvalue weighted by Crippen LogP contribution is -2.46. The van der Waals surface area contributed by atoms with Crippen molar-refractivity contribution in [2.75, 3.05) is 19.8 Å². The highest BCUT2D eigenvalue weighted by Gasteiger charge is 2.39. The van der Waals surface area contributed by atoms with Crippen molar-refractivity contribution in [3.8, 4) is 11.5 Å². The van der Waals surface area contributed by atoms with Gasteiger partial charge in [-0.3, -0.25) is 9.59 Å². The van der Waals surface area contributed by atoms with Crippen LogP contribution in [0.4, 0.5) is 4.39 Å². The van der Waals surface area contributed by atoms with Crippen molar-refractivity contribution in [2.45, 2.75) is 13.3 Å². The summed E-state index contributed by atoms with van der Waals surface area (Å²) in [7, 11) is 0. The van der Waals surface area contributed by atoms with Gasteiger partial charge in [0.05, 0.1) is 12.0 Å². The summed E-state index contributed by atoms with van der Waals surface area (Å²) < 4.78 is 23.7. The Morgan fingerprint density at radius 2 is 1.67 bits per heavy atom. The molecule has 0 fully saturated rings. The van der Waals surface area contributed by atoms with E-state index in [2.05, 4.69) is 10.6 Å². The molecular formula is C22H22ClFN2O4. The van der Waals surface area contributed by atoms with Crippen LogP contribution in [0.3, 0.4) is 0 Å². The van der Waals surface area contributed by atoms with E-state index in [-0.39, 0.29) is 30.8 Å². The van der Waals surface area contributed by atoms with E-state index in [4.69, 9.17) is 21.1 Å². The van der Waals surface area contributed by atoms with Crippen molar-refractivity contribution in [3.05, 3.63) is 71.1 Å². The third-order valence-electron chi connectivity index (χ3n) is 4.52. The molecule has 0 bridgehead atoms. The molecule has 0 aliphatic heterocycles. The predicted molar refractivity (Wildman–Crippen MR) is 111 cm³/mol. The molecule has 2 aromatic rings. The average Bonchev–Trinajstić information content (AvgIpc) is 2.70. The van der Waals surface area contributed by atoms with Crippen LogP contribution >= 0.6 is 11.6 Å². The minimum atomic E-state index is -0.685. The first kappa shape index (κ1) is 21.6. The fourth-order valence-corrected chi connectivity index (χ4v) is 3.06. The third kappa shape index (κ3) is 5.97. The number of hydrogen-bond donors (Lipinski definition) is 2. The van der Waals surface area contributed by atoms with Crippen molar-refractivity contribution in [1.29, 1.82) is 0 Å². The highest BCUT2D eigenvalue weighted by atomic mass is 35.5. The number of allylic oxidation sites excluding steroid dienone is 1. The summed E-state index contributed by atoms with van der Waals surface area (Å²) in [5.74, 6) is 0.294. The van der Waals surface area contributed by atoms with Crippen LogP contribution in [0.5, 0.6) is 11.5 Å². The fourth-order valence-electron chi connectivity index (χ4n) is 2.94. The van der Waals surface area contributed by atoms with Gasteiger partial charge in [0.15, 0.2) is 6.61 Å². The Kier molecular flexibility index (Phi) is 6.95. The fraction of sp³-hybridized carbons (Fsp3) is 0.273. The molecule has 0 saturated carbocycles. The Bertz CT molecular complexity index is 931. The summed E-state index contributed by atoms with van der Waals surface area (Å²) in [5, 5.41) is 6.13. The van der Waals surface area contributed by atoms with Crippen LogP contribution in [0.15, 0.2) is 60.3 Å². The molecular weight excluding hydrogens is 411 g/mol. The van der Waals surface area contributed by atoms with Crippen LogP contribution in [0.25, 0.3) is 0 Å². The van der Waals surface area contributed by atoms with Gasteiger partial charge in [-0.2, -0.15) is 0 Å². The first-order valence-corrected chi connectivity index (χ1v) is 9.78. The summed E-state index contributed by atoms with van der Waals surface area (Å²) >= 11 is 5.80. The van der Waals surface area contributed by atoms with Gasteiger partial charge in [0.25, 0.3) is 5.91 Å². The molecule has 1 unspecified atom stereocenters. The number of ether oxygens (including phenoxy) is 2. The molecule has 0 spiro atoms. The molecule has 158 valence electrons. The second-order valence-electron chi connectivity index (χ2n) is 7.11. The number of carbonyl (C=O) groups excluding carboxylic acids is 2. The lowest BCUT2D eigenvalue weighted by Gasteiger charge is -2.35. The van der Waals surface area contributed by atoms with Crippen molar-refractivity contribution in [2.24, 2.45) is 5.41 Å². The molecule has 1 aliphatic carbocycles. The van der Waals surface area contributed by atoms with E-state index in [1.54, 1.807) is 37.3 Å². The van der Waals surface area contributed by atoms with E-state index in [0.717, 1.165) is 0 Å². The Morgan fingerprint density at radius 3 is 2.33 bits per heavy atom. The molecule has 1 atom stereocenters. The molecule has 6 nitrogen and oxygen atoms in total. The van der Waals surface area contributed by atoms with Crippen LogP contribution < -0.4 is 20.1 Å². The molecule has 0 saturated heterocycles. The van der Waals surface area contributed by atoms with Gasteiger partial charge < -0.3 is 20.1 Å². The topological polar surface area (TPSA) is 76.7 Å². The molecule has 2 aromatic carbocycles. The van der Waals surface area contributed by atoms with Crippen molar-refractivity contribution >= 4 is 23.4 Å². The summed E-state index contributed by atoms with van der Waals surface area (Å²) in [5.41, 5.74) is -0.00452. The van der Waals surface area contributed by atoms with Gasteiger partial charge >= 0.3 is 0 Å². The number of halogens is 2. The summed E-state index contributed by atoms with van der Waals surface area (Å²) in [6, 6.07) is 12.4. The highest BCUT2D eigenvalue weighted by Crippen LogP contribution is 2.37. The van der Waals surface area contributed by atoms with E-state index in [1.807, 2.05) is 0 Å². The van der Waals surface area contributed by atoms with E-state index >= 15 is 0 Å². The first-order valence-electron chi connectivity index (χ1n) is 9.41. The molecule has 2 N–H and O–H groups in total.